The van der Waals surface area contributed by atoms with Crippen molar-refractivity contribution in [2.75, 3.05) is 6.61 Å². The third-order valence-corrected chi connectivity index (χ3v) is 3.65. The van der Waals surface area contributed by atoms with Crippen molar-refractivity contribution in [3.8, 4) is 5.75 Å². The molecular formula is C15H13N3O5S-2. The van der Waals surface area contributed by atoms with E-state index in [4.69, 9.17) is 4.74 Å². The first-order valence-corrected chi connectivity index (χ1v) is 7.74. The summed E-state index contributed by atoms with van der Waals surface area (Å²) in [5.74, 6) is -1.68. The van der Waals surface area contributed by atoms with Crippen LogP contribution in [0.4, 0.5) is 0 Å². The van der Waals surface area contributed by atoms with Crippen molar-refractivity contribution in [2.45, 2.75) is 18.5 Å². The van der Waals surface area contributed by atoms with Crippen LogP contribution in [0.3, 0.4) is 0 Å². The largest absolute Gasteiger partial charge is 0.546 e. The molecule has 9 heteroatoms. The van der Waals surface area contributed by atoms with E-state index in [0.717, 1.165) is 11.8 Å². The molecule has 1 aromatic carbocycles. The van der Waals surface area contributed by atoms with E-state index < -0.39 is 18.5 Å². The molecule has 2 rings (SSSR count). The molecule has 0 aliphatic carbocycles. The fourth-order valence-electron chi connectivity index (χ4n) is 1.66. The van der Waals surface area contributed by atoms with E-state index in [1.807, 2.05) is 6.92 Å². The number of H-pyrrole nitrogens is 1. The van der Waals surface area contributed by atoms with Crippen molar-refractivity contribution in [1.29, 1.82) is 0 Å². The van der Waals surface area contributed by atoms with Gasteiger partial charge in [0.25, 0.3) is 0 Å². The minimum Gasteiger partial charge on any atom is -0.546 e. The molecule has 0 unspecified atom stereocenters. The lowest BCUT2D eigenvalue weighted by Gasteiger charge is -2.08. The van der Waals surface area contributed by atoms with Gasteiger partial charge < -0.3 is 24.5 Å². The van der Waals surface area contributed by atoms with Crippen LogP contribution in [0.5, 0.6) is 5.75 Å². The number of hydrogen-bond acceptors (Lipinski definition) is 8. The monoisotopic (exact) mass is 347 g/mol. The number of carboxylic acids is 2. The number of aromatic amines is 1. The molecule has 0 amide bonds. The van der Waals surface area contributed by atoms with Crippen LogP contribution >= 0.6 is 11.8 Å². The standard InChI is InChI=1S/C15H15N3O5S/c1-2-12-16-15(18-17-12)24-11(14(21)22)7-9-3-5-10(6-4-9)23-8-13(19)20/h3-7H,2,8H2,1H3,(H,19,20)(H,21,22)(H,16,17,18)/p-2/b11-7-. The number of nitrogens with zero attached hydrogens (tertiary/aromatic N) is 2. The zero-order valence-electron chi connectivity index (χ0n) is 12.6. The Labute approximate surface area is 141 Å². The molecule has 0 bridgehead atoms. The number of benzene rings is 1. The lowest BCUT2D eigenvalue weighted by molar-refractivity contribution is -0.307. The van der Waals surface area contributed by atoms with Crippen LogP contribution in [-0.2, 0) is 16.0 Å². The molecule has 0 aliphatic rings. The molecule has 8 nitrogen and oxygen atoms in total. The second kappa shape index (κ2) is 8.16. The van der Waals surface area contributed by atoms with E-state index in [2.05, 4.69) is 15.2 Å². The van der Waals surface area contributed by atoms with Crippen molar-refractivity contribution in [1.82, 2.24) is 15.2 Å². The first-order valence-electron chi connectivity index (χ1n) is 6.92. The molecule has 0 saturated carbocycles. The Balaban J connectivity index is 2.12. The Bertz CT molecular complexity index is 755. The van der Waals surface area contributed by atoms with Gasteiger partial charge in [0.05, 0.1) is 11.9 Å². The van der Waals surface area contributed by atoms with E-state index in [9.17, 15) is 19.8 Å². The Morgan fingerprint density at radius 1 is 1.29 bits per heavy atom. The SMILES string of the molecule is CCc1nc(S/C(=C\c2ccc(OCC(=O)[O-])cc2)C(=O)[O-])n[nH]1. The summed E-state index contributed by atoms with van der Waals surface area (Å²) >= 11 is 0.875. The summed E-state index contributed by atoms with van der Waals surface area (Å²) < 4.78 is 4.94. The first kappa shape index (κ1) is 17.5. The van der Waals surface area contributed by atoms with Crippen molar-refractivity contribution in [3.05, 3.63) is 40.6 Å². The van der Waals surface area contributed by atoms with Gasteiger partial charge in [0.1, 0.15) is 18.2 Å². The molecule has 0 aliphatic heterocycles. The van der Waals surface area contributed by atoms with E-state index >= 15 is 0 Å². The minimum absolute atomic E-state index is 0.0555. The molecule has 1 aromatic heterocycles. The van der Waals surface area contributed by atoms with Crippen LogP contribution in [-0.4, -0.2) is 33.7 Å². The van der Waals surface area contributed by atoms with Gasteiger partial charge in [0, 0.05) is 11.3 Å². The third-order valence-electron chi connectivity index (χ3n) is 2.78. The van der Waals surface area contributed by atoms with Crippen molar-refractivity contribution < 1.29 is 24.5 Å². The molecule has 0 spiro atoms. The summed E-state index contributed by atoms with van der Waals surface area (Å²) in [6.07, 6.45) is 2.07. The van der Waals surface area contributed by atoms with E-state index in [1.165, 1.54) is 18.2 Å². The van der Waals surface area contributed by atoms with Gasteiger partial charge in [-0.15, -0.1) is 5.10 Å². The minimum atomic E-state index is -1.35. The topological polar surface area (TPSA) is 131 Å². The fraction of sp³-hybridized carbons (Fsp3) is 0.200. The maximum absolute atomic E-state index is 11.3. The normalized spacial score (nSPS) is 11.3. The number of aliphatic carboxylic acids is 2. The van der Waals surface area contributed by atoms with Gasteiger partial charge in [-0.2, -0.15) is 0 Å². The second-order valence-electron chi connectivity index (χ2n) is 4.55. The molecule has 24 heavy (non-hydrogen) atoms. The quantitative estimate of drug-likeness (QED) is 0.494. The molecule has 1 N–H and O–H groups in total. The zero-order chi connectivity index (χ0) is 17.5. The van der Waals surface area contributed by atoms with Crippen LogP contribution in [0.15, 0.2) is 34.3 Å². The summed E-state index contributed by atoms with van der Waals surface area (Å²) in [5, 5.41) is 28.5. The Hall–Kier alpha value is -2.81. The number of carbonyl (C=O) groups is 2. The highest BCUT2D eigenvalue weighted by Gasteiger charge is 2.08. The lowest BCUT2D eigenvalue weighted by Crippen LogP contribution is -2.28. The lowest BCUT2D eigenvalue weighted by atomic mass is 10.2. The molecule has 0 atom stereocenters. The molecule has 1 heterocycles. The number of rotatable bonds is 8. The van der Waals surface area contributed by atoms with Crippen molar-refractivity contribution in [3.63, 3.8) is 0 Å². The number of nitrogens with one attached hydrogen (secondary N) is 1. The summed E-state index contributed by atoms with van der Waals surface area (Å²) in [7, 11) is 0. The van der Waals surface area contributed by atoms with Crippen molar-refractivity contribution >= 4 is 29.8 Å². The number of aromatic nitrogens is 3. The van der Waals surface area contributed by atoms with Gasteiger partial charge in [-0.05, 0) is 35.5 Å². The summed E-state index contributed by atoms with van der Waals surface area (Å²) in [6, 6.07) is 6.22. The number of aryl methyl sites for hydroxylation is 1. The second-order valence-corrected chi connectivity index (χ2v) is 5.56. The number of carboxylic acid groups (broad SMARTS) is 2. The Kier molecular flexibility index (Phi) is 5.96. The predicted molar refractivity (Wildman–Crippen MR) is 81.5 cm³/mol. The molecular weight excluding hydrogens is 334 g/mol. The van der Waals surface area contributed by atoms with Crippen LogP contribution in [0.2, 0.25) is 0 Å². The van der Waals surface area contributed by atoms with Crippen LogP contribution in [0, 0.1) is 0 Å². The highest BCUT2D eigenvalue weighted by atomic mass is 32.2. The van der Waals surface area contributed by atoms with Gasteiger partial charge in [0.2, 0.25) is 5.16 Å². The van der Waals surface area contributed by atoms with Gasteiger partial charge in [-0.25, -0.2) is 4.98 Å². The van der Waals surface area contributed by atoms with Crippen molar-refractivity contribution in [2.24, 2.45) is 0 Å². The summed E-state index contributed by atoms with van der Waals surface area (Å²) in [4.78, 5) is 25.7. The Morgan fingerprint density at radius 2 is 2.00 bits per heavy atom. The van der Waals surface area contributed by atoms with E-state index in [-0.39, 0.29) is 10.1 Å². The van der Waals surface area contributed by atoms with Gasteiger partial charge >= 0.3 is 0 Å². The number of thioether (sulfide) groups is 1. The van der Waals surface area contributed by atoms with Crippen LogP contribution in [0.1, 0.15) is 18.3 Å². The summed E-state index contributed by atoms with van der Waals surface area (Å²) in [5.41, 5.74) is 0.578. The number of carbonyl (C=O) groups excluding carboxylic acids is 2. The van der Waals surface area contributed by atoms with Gasteiger partial charge in [0.15, 0.2) is 0 Å². The molecule has 126 valence electrons. The van der Waals surface area contributed by atoms with Gasteiger partial charge in [-0.3, -0.25) is 5.10 Å². The van der Waals surface area contributed by atoms with Gasteiger partial charge in [-0.1, -0.05) is 19.1 Å². The fourth-order valence-corrected chi connectivity index (χ4v) is 2.39. The predicted octanol–water partition coefficient (Wildman–Crippen LogP) is -0.621. The molecule has 2 aromatic rings. The number of hydrogen-bond donors (Lipinski definition) is 1. The third kappa shape index (κ3) is 5.13. The maximum Gasteiger partial charge on any atom is 0.213 e. The average molecular weight is 347 g/mol. The highest BCUT2D eigenvalue weighted by molar-refractivity contribution is 8.04. The molecule has 0 fully saturated rings. The molecule has 0 radical (unpaired) electrons. The smallest absolute Gasteiger partial charge is 0.213 e. The maximum atomic E-state index is 11.3. The van der Waals surface area contributed by atoms with Crippen LogP contribution in [0.25, 0.3) is 6.08 Å². The summed E-state index contributed by atoms with van der Waals surface area (Å²) in [6.45, 7) is 1.34. The Morgan fingerprint density at radius 3 is 2.54 bits per heavy atom. The molecule has 0 saturated heterocycles. The number of ether oxygens (including phenoxy) is 1. The zero-order valence-corrected chi connectivity index (χ0v) is 13.5. The van der Waals surface area contributed by atoms with E-state index in [1.54, 1.807) is 12.1 Å². The highest BCUT2D eigenvalue weighted by Crippen LogP contribution is 2.25. The average Bonchev–Trinajstić information content (AvgIpc) is 3.01. The van der Waals surface area contributed by atoms with Crippen LogP contribution < -0.4 is 14.9 Å². The van der Waals surface area contributed by atoms with E-state index in [0.29, 0.717) is 23.6 Å². The first-order chi connectivity index (χ1) is 11.5.